The molecule has 0 aromatic heterocycles. The Morgan fingerprint density at radius 2 is 1.70 bits per heavy atom. The maximum atomic E-state index is 10.5. The minimum atomic E-state index is -0.698. The largest absolute Gasteiger partial charge is 0.481 e. The Morgan fingerprint density at radius 1 is 1.00 bits per heavy atom. The Bertz CT molecular complexity index is 306. The summed E-state index contributed by atoms with van der Waals surface area (Å²) in [6.07, 6.45) is 13.2. The third kappa shape index (κ3) is 9.31. The molecule has 0 amide bonds. The zero-order valence-electron chi connectivity index (χ0n) is 14.8. The average molecular weight is 328 g/mol. The standard InChI is InChI=1S/C19H36O4/c1-2-3-4-7-10-15-23-19-16(13-14-17(19)20)11-8-5-6-9-12-18(21)22/h16-17,19-20H,2-15H2,1H3,(H,21,22)/t16-,17+,19+/m0/s1. The molecular formula is C19H36O4. The van der Waals surface area contributed by atoms with Crippen LogP contribution in [0.5, 0.6) is 0 Å². The van der Waals surface area contributed by atoms with Gasteiger partial charge in [0.05, 0.1) is 12.2 Å². The molecule has 4 nitrogen and oxygen atoms in total. The molecule has 0 radical (unpaired) electrons. The summed E-state index contributed by atoms with van der Waals surface area (Å²) in [5, 5.41) is 18.7. The maximum Gasteiger partial charge on any atom is 0.303 e. The van der Waals surface area contributed by atoms with Crippen LogP contribution < -0.4 is 0 Å². The third-order valence-corrected chi connectivity index (χ3v) is 4.95. The predicted octanol–water partition coefficient (Wildman–Crippen LogP) is 4.54. The van der Waals surface area contributed by atoms with Crippen molar-refractivity contribution < 1.29 is 19.7 Å². The van der Waals surface area contributed by atoms with Crippen molar-refractivity contribution in [2.45, 2.75) is 103 Å². The van der Waals surface area contributed by atoms with Gasteiger partial charge in [0, 0.05) is 13.0 Å². The maximum absolute atomic E-state index is 10.5. The number of unbranched alkanes of at least 4 members (excludes halogenated alkanes) is 7. The highest BCUT2D eigenvalue weighted by Crippen LogP contribution is 2.33. The number of aliphatic hydroxyl groups is 1. The lowest BCUT2D eigenvalue weighted by molar-refractivity contribution is -0.137. The van der Waals surface area contributed by atoms with Gasteiger partial charge in [0.15, 0.2) is 0 Å². The van der Waals surface area contributed by atoms with Crippen molar-refractivity contribution in [1.29, 1.82) is 0 Å². The van der Waals surface area contributed by atoms with E-state index in [2.05, 4.69) is 6.92 Å². The monoisotopic (exact) mass is 328 g/mol. The van der Waals surface area contributed by atoms with Gasteiger partial charge < -0.3 is 14.9 Å². The first-order valence-electron chi connectivity index (χ1n) is 9.66. The van der Waals surface area contributed by atoms with Crippen LogP contribution in [0.4, 0.5) is 0 Å². The molecule has 4 heteroatoms. The zero-order valence-corrected chi connectivity index (χ0v) is 14.8. The molecule has 0 aliphatic heterocycles. The second-order valence-corrected chi connectivity index (χ2v) is 7.00. The number of aliphatic hydroxyl groups excluding tert-OH is 1. The summed E-state index contributed by atoms with van der Waals surface area (Å²) >= 11 is 0. The summed E-state index contributed by atoms with van der Waals surface area (Å²) in [4.78, 5) is 10.5. The lowest BCUT2D eigenvalue weighted by Crippen LogP contribution is -2.29. The van der Waals surface area contributed by atoms with Crippen LogP contribution in [0.2, 0.25) is 0 Å². The molecule has 1 aliphatic rings. The van der Waals surface area contributed by atoms with E-state index in [1.807, 2.05) is 0 Å². The molecule has 136 valence electrons. The van der Waals surface area contributed by atoms with Gasteiger partial charge in [-0.1, -0.05) is 51.9 Å². The molecule has 3 atom stereocenters. The number of hydrogen-bond acceptors (Lipinski definition) is 3. The van der Waals surface area contributed by atoms with E-state index in [-0.39, 0.29) is 18.6 Å². The van der Waals surface area contributed by atoms with Gasteiger partial charge in [-0.05, 0) is 38.0 Å². The molecular weight excluding hydrogens is 292 g/mol. The van der Waals surface area contributed by atoms with Crippen molar-refractivity contribution >= 4 is 5.97 Å². The van der Waals surface area contributed by atoms with Gasteiger partial charge in [-0.25, -0.2) is 0 Å². The molecule has 23 heavy (non-hydrogen) atoms. The molecule has 1 rings (SSSR count). The van der Waals surface area contributed by atoms with Crippen LogP contribution in [0.15, 0.2) is 0 Å². The highest BCUT2D eigenvalue weighted by molar-refractivity contribution is 5.66. The minimum Gasteiger partial charge on any atom is -0.481 e. The third-order valence-electron chi connectivity index (χ3n) is 4.95. The lowest BCUT2D eigenvalue weighted by atomic mass is 9.97. The van der Waals surface area contributed by atoms with Crippen LogP contribution in [0, 0.1) is 5.92 Å². The Hall–Kier alpha value is -0.610. The van der Waals surface area contributed by atoms with Crippen LogP contribution in [-0.4, -0.2) is 35.0 Å². The van der Waals surface area contributed by atoms with E-state index in [1.165, 1.54) is 25.7 Å². The number of carboxylic acid groups (broad SMARTS) is 1. The zero-order chi connectivity index (χ0) is 16.9. The van der Waals surface area contributed by atoms with Crippen molar-refractivity contribution in [3.63, 3.8) is 0 Å². The first kappa shape index (κ1) is 20.4. The fourth-order valence-electron chi connectivity index (χ4n) is 3.54. The van der Waals surface area contributed by atoms with E-state index < -0.39 is 5.97 Å². The number of rotatable bonds is 14. The molecule has 0 aromatic rings. The van der Waals surface area contributed by atoms with Crippen LogP contribution in [0.1, 0.15) is 90.4 Å². The van der Waals surface area contributed by atoms with Crippen molar-refractivity contribution in [3.05, 3.63) is 0 Å². The highest BCUT2D eigenvalue weighted by Gasteiger charge is 2.35. The minimum absolute atomic E-state index is 0.0280. The van der Waals surface area contributed by atoms with Crippen LogP contribution in [-0.2, 0) is 9.53 Å². The lowest BCUT2D eigenvalue weighted by Gasteiger charge is -2.22. The smallest absolute Gasteiger partial charge is 0.303 e. The van der Waals surface area contributed by atoms with Gasteiger partial charge in [0.1, 0.15) is 0 Å². The summed E-state index contributed by atoms with van der Waals surface area (Å²) < 4.78 is 5.99. The Kier molecular flexibility index (Phi) is 11.3. The molecule has 0 heterocycles. The summed E-state index contributed by atoms with van der Waals surface area (Å²) in [6, 6.07) is 0. The molecule has 0 bridgehead atoms. The fraction of sp³-hybridized carbons (Fsp3) is 0.947. The van der Waals surface area contributed by atoms with Gasteiger partial charge in [-0.15, -0.1) is 0 Å². The molecule has 0 unspecified atom stereocenters. The predicted molar refractivity (Wildman–Crippen MR) is 92.6 cm³/mol. The molecule has 1 fully saturated rings. The number of ether oxygens (including phenoxy) is 1. The van der Waals surface area contributed by atoms with Crippen LogP contribution >= 0.6 is 0 Å². The van der Waals surface area contributed by atoms with E-state index in [4.69, 9.17) is 9.84 Å². The number of aliphatic carboxylic acids is 1. The first-order valence-corrected chi connectivity index (χ1v) is 9.66. The van der Waals surface area contributed by atoms with E-state index in [9.17, 15) is 9.90 Å². The van der Waals surface area contributed by atoms with Crippen LogP contribution in [0.25, 0.3) is 0 Å². The van der Waals surface area contributed by atoms with Gasteiger partial charge in [-0.2, -0.15) is 0 Å². The van der Waals surface area contributed by atoms with Gasteiger partial charge >= 0.3 is 5.97 Å². The summed E-state index contributed by atoms with van der Waals surface area (Å²) in [5.41, 5.74) is 0. The van der Waals surface area contributed by atoms with Gasteiger partial charge in [0.25, 0.3) is 0 Å². The van der Waals surface area contributed by atoms with Crippen molar-refractivity contribution in [2.75, 3.05) is 6.61 Å². The number of hydrogen-bond donors (Lipinski definition) is 2. The molecule has 2 N–H and O–H groups in total. The SMILES string of the molecule is CCCCCCCO[C@@H]1[C@@H](CCCCCCC(=O)O)CC[C@H]1O. The van der Waals surface area contributed by atoms with E-state index in [0.717, 1.165) is 58.0 Å². The first-order chi connectivity index (χ1) is 11.1. The molecule has 0 saturated heterocycles. The Morgan fingerprint density at radius 3 is 2.43 bits per heavy atom. The second-order valence-electron chi connectivity index (χ2n) is 7.00. The summed E-state index contributed by atoms with van der Waals surface area (Å²) in [5.74, 6) is -0.212. The molecule has 1 saturated carbocycles. The van der Waals surface area contributed by atoms with Gasteiger partial charge in [-0.3, -0.25) is 4.79 Å². The highest BCUT2D eigenvalue weighted by atomic mass is 16.5. The number of carboxylic acids is 1. The quantitative estimate of drug-likeness (QED) is 0.459. The Balaban J connectivity index is 2.09. The summed E-state index contributed by atoms with van der Waals surface area (Å²) in [6.45, 7) is 3.00. The van der Waals surface area contributed by atoms with Gasteiger partial charge in [0.2, 0.25) is 0 Å². The molecule has 0 aromatic carbocycles. The van der Waals surface area contributed by atoms with E-state index in [0.29, 0.717) is 5.92 Å². The average Bonchev–Trinajstić information content (AvgIpc) is 2.86. The van der Waals surface area contributed by atoms with Crippen LogP contribution in [0.3, 0.4) is 0 Å². The van der Waals surface area contributed by atoms with Crippen molar-refractivity contribution in [3.8, 4) is 0 Å². The van der Waals surface area contributed by atoms with Crippen molar-refractivity contribution in [2.24, 2.45) is 5.92 Å². The Labute approximate surface area is 141 Å². The van der Waals surface area contributed by atoms with Crippen molar-refractivity contribution in [1.82, 2.24) is 0 Å². The summed E-state index contributed by atoms with van der Waals surface area (Å²) in [7, 11) is 0. The second kappa shape index (κ2) is 12.8. The molecule has 1 aliphatic carbocycles. The van der Waals surface area contributed by atoms with E-state index in [1.54, 1.807) is 0 Å². The number of carbonyl (C=O) groups is 1. The van der Waals surface area contributed by atoms with E-state index >= 15 is 0 Å². The fourth-order valence-corrected chi connectivity index (χ4v) is 3.54. The molecule has 0 spiro atoms. The normalized spacial score (nSPS) is 24.2. The topological polar surface area (TPSA) is 66.8 Å².